The largest absolute Gasteiger partial charge is 0.340 e. The number of nitrogens with zero attached hydrogens (tertiary/aromatic N) is 2. The van der Waals surface area contributed by atoms with Gasteiger partial charge in [0.15, 0.2) is 0 Å². The fourth-order valence-corrected chi connectivity index (χ4v) is 2.89. The number of aromatic nitrogens is 2. The summed E-state index contributed by atoms with van der Waals surface area (Å²) in [5.41, 5.74) is 1.44. The second-order valence-electron chi connectivity index (χ2n) is 5.85. The first kappa shape index (κ1) is 18.1. The van der Waals surface area contributed by atoms with E-state index in [1.54, 1.807) is 12.1 Å². The Morgan fingerprint density at radius 3 is 2.50 bits per heavy atom. The van der Waals surface area contributed by atoms with Crippen LogP contribution in [0.5, 0.6) is 0 Å². The molecule has 0 aliphatic heterocycles. The molecular weight excluding hydrogens is 324 g/mol. The number of aryl methyl sites for hydroxylation is 2. The van der Waals surface area contributed by atoms with E-state index in [0.717, 1.165) is 17.0 Å². The molecule has 6 nitrogen and oxygen atoms in total. The van der Waals surface area contributed by atoms with Crippen molar-refractivity contribution in [1.29, 1.82) is 0 Å². The van der Waals surface area contributed by atoms with Gasteiger partial charge in [0.2, 0.25) is 11.0 Å². The molecule has 0 radical (unpaired) electrons. The molecule has 2 N–H and O–H groups in total. The molecule has 0 spiro atoms. The molecule has 2 amide bonds. The number of anilines is 1. The Kier molecular flexibility index (Phi) is 6.03. The van der Waals surface area contributed by atoms with Crippen LogP contribution in [0.25, 0.3) is 0 Å². The van der Waals surface area contributed by atoms with E-state index in [9.17, 15) is 9.59 Å². The highest BCUT2D eigenvalue weighted by atomic mass is 32.1. The van der Waals surface area contributed by atoms with Gasteiger partial charge in [-0.3, -0.25) is 14.9 Å². The van der Waals surface area contributed by atoms with Gasteiger partial charge in [0, 0.05) is 5.56 Å². The molecule has 2 aromatic rings. The zero-order valence-electron chi connectivity index (χ0n) is 14.3. The van der Waals surface area contributed by atoms with E-state index < -0.39 is 6.04 Å². The lowest BCUT2D eigenvalue weighted by atomic mass is 10.0. The second kappa shape index (κ2) is 8.01. The number of carbonyl (C=O) groups excluding carboxylic acids is 2. The molecule has 0 fully saturated rings. The minimum atomic E-state index is -0.647. The predicted molar refractivity (Wildman–Crippen MR) is 95.2 cm³/mol. The number of benzene rings is 1. The van der Waals surface area contributed by atoms with Crippen molar-refractivity contribution < 1.29 is 9.59 Å². The molecule has 1 aromatic carbocycles. The SMILES string of the molecule is CCc1nnc(NC(=O)C(NC(=O)c2ccccc2C)C(C)C)s1. The third-order valence-corrected chi connectivity index (χ3v) is 4.61. The third-order valence-electron chi connectivity index (χ3n) is 3.62. The molecule has 1 heterocycles. The van der Waals surface area contributed by atoms with Crippen molar-refractivity contribution in [3.8, 4) is 0 Å². The topological polar surface area (TPSA) is 84.0 Å². The van der Waals surface area contributed by atoms with Gasteiger partial charge in [0.1, 0.15) is 11.0 Å². The molecule has 2 rings (SSSR count). The summed E-state index contributed by atoms with van der Waals surface area (Å²) in [6.45, 7) is 7.62. The van der Waals surface area contributed by atoms with Gasteiger partial charge in [0.05, 0.1) is 0 Å². The maximum Gasteiger partial charge on any atom is 0.252 e. The Morgan fingerprint density at radius 2 is 1.92 bits per heavy atom. The van der Waals surface area contributed by atoms with Crippen LogP contribution in [0.4, 0.5) is 5.13 Å². The summed E-state index contributed by atoms with van der Waals surface area (Å²) in [6.07, 6.45) is 0.769. The monoisotopic (exact) mass is 346 g/mol. The van der Waals surface area contributed by atoms with Crippen LogP contribution in [0.15, 0.2) is 24.3 Å². The van der Waals surface area contributed by atoms with Crippen molar-refractivity contribution in [2.75, 3.05) is 5.32 Å². The molecule has 0 bridgehead atoms. The van der Waals surface area contributed by atoms with Gasteiger partial charge in [-0.05, 0) is 30.9 Å². The molecule has 1 unspecified atom stereocenters. The minimum absolute atomic E-state index is 0.0588. The second-order valence-corrected chi connectivity index (χ2v) is 6.92. The average molecular weight is 346 g/mol. The molecule has 1 atom stereocenters. The smallest absolute Gasteiger partial charge is 0.252 e. The summed E-state index contributed by atoms with van der Waals surface area (Å²) < 4.78 is 0. The van der Waals surface area contributed by atoms with Gasteiger partial charge in [-0.15, -0.1) is 10.2 Å². The molecule has 24 heavy (non-hydrogen) atoms. The van der Waals surface area contributed by atoms with E-state index in [1.165, 1.54) is 11.3 Å². The van der Waals surface area contributed by atoms with Crippen LogP contribution in [0.1, 0.15) is 41.7 Å². The first-order valence-electron chi connectivity index (χ1n) is 7.92. The van der Waals surface area contributed by atoms with E-state index in [2.05, 4.69) is 20.8 Å². The van der Waals surface area contributed by atoms with Crippen LogP contribution in [-0.2, 0) is 11.2 Å². The number of hydrogen-bond donors (Lipinski definition) is 2. The van der Waals surface area contributed by atoms with Crippen molar-refractivity contribution in [2.24, 2.45) is 5.92 Å². The van der Waals surface area contributed by atoms with Crippen LogP contribution < -0.4 is 10.6 Å². The number of hydrogen-bond acceptors (Lipinski definition) is 5. The highest BCUT2D eigenvalue weighted by Crippen LogP contribution is 2.17. The van der Waals surface area contributed by atoms with Crippen molar-refractivity contribution in [3.05, 3.63) is 40.4 Å². The molecule has 0 aliphatic rings. The summed E-state index contributed by atoms with van der Waals surface area (Å²) in [5, 5.41) is 14.8. The summed E-state index contributed by atoms with van der Waals surface area (Å²) in [4.78, 5) is 25.0. The molecule has 1 aromatic heterocycles. The van der Waals surface area contributed by atoms with Crippen LogP contribution >= 0.6 is 11.3 Å². The third kappa shape index (κ3) is 4.38. The van der Waals surface area contributed by atoms with Crippen LogP contribution in [0.3, 0.4) is 0 Å². The van der Waals surface area contributed by atoms with Gasteiger partial charge in [0.25, 0.3) is 5.91 Å². The number of amides is 2. The van der Waals surface area contributed by atoms with Crippen molar-refractivity contribution in [2.45, 2.75) is 40.2 Å². The zero-order valence-corrected chi connectivity index (χ0v) is 15.1. The zero-order chi connectivity index (χ0) is 17.7. The maximum atomic E-state index is 12.5. The predicted octanol–water partition coefficient (Wildman–Crippen LogP) is 2.80. The van der Waals surface area contributed by atoms with Crippen molar-refractivity contribution >= 4 is 28.3 Å². The van der Waals surface area contributed by atoms with Gasteiger partial charge in [-0.2, -0.15) is 0 Å². The minimum Gasteiger partial charge on any atom is -0.340 e. The Balaban J connectivity index is 2.09. The van der Waals surface area contributed by atoms with Crippen molar-refractivity contribution in [3.63, 3.8) is 0 Å². The van der Waals surface area contributed by atoms with Gasteiger partial charge < -0.3 is 5.32 Å². The van der Waals surface area contributed by atoms with Gasteiger partial charge in [-0.25, -0.2) is 0 Å². The van der Waals surface area contributed by atoms with E-state index in [-0.39, 0.29) is 17.7 Å². The van der Waals surface area contributed by atoms with Gasteiger partial charge in [-0.1, -0.05) is 50.3 Å². The van der Waals surface area contributed by atoms with E-state index in [4.69, 9.17) is 0 Å². The Morgan fingerprint density at radius 1 is 1.21 bits per heavy atom. The highest BCUT2D eigenvalue weighted by Gasteiger charge is 2.26. The highest BCUT2D eigenvalue weighted by molar-refractivity contribution is 7.15. The van der Waals surface area contributed by atoms with E-state index >= 15 is 0 Å². The van der Waals surface area contributed by atoms with E-state index in [1.807, 2.05) is 39.8 Å². The Bertz CT molecular complexity index is 727. The first-order valence-corrected chi connectivity index (χ1v) is 8.73. The molecular formula is C17H22N4O2S. The van der Waals surface area contributed by atoms with E-state index in [0.29, 0.717) is 10.7 Å². The number of carbonyl (C=O) groups is 2. The quantitative estimate of drug-likeness (QED) is 0.842. The van der Waals surface area contributed by atoms with Crippen LogP contribution in [-0.4, -0.2) is 28.1 Å². The molecule has 0 aliphatic carbocycles. The summed E-state index contributed by atoms with van der Waals surface area (Å²) >= 11 is 1.34. The molecule has 7 heteroatoms. The van der Waals surface area contributed by atoms with Crippen molar-refractivity contribution in [1.82, 2.24) is 15.5 Å². The first-order chi connectivity index (χ1) is 11.4. The Labute approximate surface area is 145 Å². The number of rotatable bonds is 6. The van der Waals surface area contributed by atoms with Crippen LogP contribution in [0.2, 0.25) is 0 Å². The fourth-order valence-electron chi connectivity index (χ4n) is 2.21. The lowest BCUT2D eigenvalue weighted by Crippen LogP contribution is -2.47. The molecule has 128 valence electrons. The maximum absolute atomic E-state index is 12.5. The average Bonchev–Trinajstić information content (AvgIpc) is 3.00. The fraction of sp³-hybridized carbons (Fsp3) is 0.412. The summed E-state index contributed by atoms with van der Waals surface area (Å²) in [7, 11) is 0. The normalized spacial score (nSPS) is 12.0. The standard InChI is InChI=1S/C17H22N4O2S/c1-5-13-20-21-17(24-13)19-16(23)14(10(2)3)18-15(22)12-9-7-6-8-11(12)4/h6-10,14H,5H2,1-4H3,(H,18,22)(H,19,21,23). The lowest BCUT2D eigenvalue weighted by molar-refractivity contribution is -0.118. The van der Waals surface area contributed by atoms with Crippen LogP contribution in [0, 0.1) is 12.8 Å². The summed E-state index contributed by atoms with van der Waals surface area (Å²) in [6, 6.07) is 6.65. The Hall–Kier alpha value is -2.28. The summed E-state index contributed by atoms with van der Waals surface area (Å²) in [5.74, 6) is -0.601. The number of nitrogens with one attached hydrogen (secondary N) is 2. The molecule has 0 saturated heterocycles. The van der Waals surface area contributed by atoms with Gasteiger partial charge >= 0.3 is 0 Å². The lowest BCUT2D eigenvalue weighted by Gasteiger charge is -2.21. The molecule has 0 saturated carbocycles.